The van der Waals surface area contributed by atoms with Gasteiger partial charge in [-0.05, 0) is 13.0 Å². The van der Waals surface area contributed by atoms with E-state index in [0.29, 0.717) is 6.54 Å². The summed E-state index contributed by atoms with van der Waals surface area (Å²) in [7, 11) is 0. The molecule has 0 saturated heterocycles. The van der Waals surface area contributed by atoms with Gasteiger partial charge in [0.1, 0.15) is 5.97 Å². The largest absolute Gasteiger partial charge is 0.544 e. The molecular weight excluding hydrogens is 362 g/mol. The SMILES string of the molecule is CCCCCCCCCCCCCCNCCN1C#CC(C)=[N+](CC(=O)[O-])CC1. The van der Waals surface area contributed by atoms with Gasteiger partial charge in [0.15, 0.2) is 13.1 Å². The molecule has 5 nitrogen and oxygen atoms in total. The lowest BCUT2D eigenvalue weighted by Gasteiger charge is -2.16. The average Bonchev–Trinajstić information content (AvgIpc) is 2.86. The Morgan fingerprint density at radius 3 is 2.17 bits per heavy atom. The minimum Gasteiger partial charge on any atom is -0.544 e. The zero-order valence-electron chi connectivity index (χ0n) is 18.9. The number of aliphatic carboxylic acids is 1. The van der Waals surface area contributed by atoms with Crippen molar-refractivity contribution in [3.8, 4) is 12.0 Å². The van der Waals surface area contributed by atoms with Crippen molar-refractivity contribution in [2.45, 2.75) is 90.9 Å². The summed E-state index contributed by atoms with van der Waals surface area (Å²) < 4.78 is 1.78. The number of nitrogens with one attached hydrogen (secondary N) is 1. The topological polar surface area (TPSA) is 58.4 Å². The molecule has 0 atom stereocenters. The van der Waals surface area contributed by atoms with E-state index < -0.39 is 5.97 Å². The van der Waals surface area contributed by atoms with E-state index in [0.717, 1.165) is 31.9 Å². The number of hydrogen-bond donors (Lipinski definition) is 1. The van der Waals surface area contributed by atoms with Gasteiger partial charge in [0, 0.05) is 32.0 Å². The van der Waals surface area contributed by atoms with Crippen molar-refractivity contribution in [3.05, 3.63) is 0 Å². The summed E-state index contributed by atoms with van der Waals surface area (Å²) in [5, 5.41) is 14.3. The molecule has 0 spiro atoms. The molecule has 5 heteroatoms. The number of rotatable bonds is 18. The molecule has 1 aliphatic rings. The summed E-state index contributed by atoms with van der Waals surface area (Å²) in [4.78, 5) is 12.9. The second-order valence-corrected chi connectivity index (χ2v) is 8.24. The van der Waals surface area contributed by atoms with Crippen molar-refractivity contribution < 1.29 is 14.5 Å². The van der Waals surface area contributed by atoms with Crippen LogP contribution in [0.4, 0.5) is 0 Å². The Morgan fingerprint density at radius 2 is 1.59 bits per heavy atom. The highest BCUT2D eigenvalue weighted by atomic mass is 16.4. The number of hydrogen-bond acceptors (Lipinski definition) is 4. The quantitative estimate of drug-likeness (QED) is 0.216. The first-order chi connectivity index (χ1) is 14.1. The first kappa shape index (κ1) is 25.5. The zero-order chi connectivity index (χ0) is 21.2. The number of carboxylic acids is 1. The highest BCUT2D eigenvalue weighted by Gasteiger charge is 2.14. The second kappa shape index (κ2) is 17.3. The highest BCUT2D eigenvalue weighted by Crippen LogP contribution is 2.11. The molecule has 1 aliphatic heterocycles. The van der Waals surface area contributed by atoms with E-state index in [2.05, 4.69) is 29.1 Å². The monoisotopic (exact) mass is 405 g/mol. The van der Waals surface area contributed by atoms with Crippen molar-refractivity contribution in [2.75, 3.05) is 39.3 Å². The van der Waals surface area contributed by atoms with Gasteiger partial charge in [0.25, 0.3) is 0 Å². The van der Waals surface area contributed by atoms with Gasteiger partial charge in [0.05, 0.1) is 6.54 Å². The summed E-state index contributed by atoms with van der Waals surface area (Å²) in [5.74, 6) is 2.00. The molecule has 0 aromatic heterocycles. The maximum absolute atomic E-state index is 10.8. The van der Waals surface area contributed by atoms with Crippen molar-refractivity contribution in [1.29, 1.82) is 0 Å². The Bertz CT molecular complexity index is 534. The molecule has 29 heavy (non-hydrogen) atoms. The highest BCUT2D eigenvalue weighted by molar-refractivity contribution is 5.94. The molecule has 0 fully saturated rings. The van der Waals surface area contributed by atoms with Crippen molar-refractivity contribution in [1.82, 2.24) is 10.2 Å². The second-order valence-electron chi connectivity index (χ2n) is 8.24. The van der Waals surface area contributed by atoms with Crippen LogP contribution in [0.5, 0.6) is 0 Å². The molecule has 0 aliphatic carbocycles. The molecule has 0 radical (unpaired) electrons. The minimum atomic E-state index is -1.05. The lowest BCUT2D eigenvalue weighted by molar-refractivity contribution is -0.526. The average molecular weight is 406 g/mol. The van der Waals surface area contributed by atoms with Crippen LogP contribution >= 0.6 is 0 Å². The van der Waals surface area contributed by atoms with Gasteiger partial charge in [-0.3, -0.25) is 0 Å². The summed E-state index contributed by atoms with van der Waals surface area (Å²) in [6, 6.07) is 3.14. The van der Waals surface area contributed by atoms with Crippen LogP contribution in [0.15, 0.2) is 0 Å². The molecule has 1 rings (SSSR count). The third-order valence-electron chi connectivity index (χ3n) is 5.59. The lowest BCUT2D eigenvalue weighted by Crippen LogP contribution is -2.38. The van der Waals surface area contributed by atoms with Gasteiger partial charge in [-0.1, -0.05) is 77.6 Å². The van der Waals surface area contributed by atoms with E-state index in [1.54, 1.807) is 4.58 Å². The fourth-order valence-corrected chi connectivity index (χ4v) is 3.66. The van der Waals surface area contributed by atoms with Crippen LogP contribution in [0.3, 0.4) is 0 Å². The number of nitrogens with zero attached hydrogens (tertiary/aromatic N) is 2. The van der Waals surface area contributed by atoms with Gasteiger partial charge in [-0.2, -0.15) is 0 Å². The number of carbonyl (C=O) groups is 1. The van der Waals surface area contributed by atoms with Gasteiger partial charge in [-0.15, -0.1) is 0 Å². The van der Waals surface area contributed by atoms with Crippen LogP contribution in [0.1, 0.15) is 90.9 Å². The molecular formula is C24H43N3O2. The van der Waals surface area contributed by atoms with Gasteiger partial charge in [-0.25, -0.2) is 4.58 Å². The van der Waals surface area contributed by atoms with Gasteiger partial charge >= 0.3 is 0 Å². The van der Waals surface area contributed by atoms with E-state index in [1.807, 2.05) is 6.92 Å². The summed E-state index contributed by atoms with van der Waals surface area (Å²) in [5.41, 5.74) is 0.807. The number of unbranched alkanes of at least 4 members (excludes halogenated alkanes) is 11. The fraction of sp³-hybridized carbons (Fsp3) is 0.833. The van der Waals surface area contributed by atoms with Crippen LogP contribution in [-0.2, 0) is 4.79 Å². The van der Waals surface area contributed by atoms with E-state index in [1.165, 1.54) is 77.0 Å². The van der Waals surface area contributed by atoms with E-state index in [-0.39, 0.29) is 6.54 Å². The standard InChI is InChI=1S/C24H43N3O2/c1-3-4-5-6-7-8-9-10-11-12-13-14-16-25-17-19-26-18-15-23(2)27(21-20-26)22-24(28)29/h25H,3-14,16-17,19-22H2,1-2H3. The number of carbonyl (C=O) groups excluding carboxylic acids is 1. The fourth-order valence-electron chi connectivity index (χ4n) is 3.66. The molecule has 0 aromatic carbocycles. The first-order valence-electron chi connectivity index (χ1n) is 11.9. The molecule has 0 amide bonds. The molecule has 0 aromatic rings. The van der Waals surface area contributed by atoms with Crippen LogP contribution in [0, 0.1) is 12.0 Å². The van der Waals surface area contributed by atoms with Crippen molar-refractivity contribution >= 4 is 11.7 Å². The molecule has 166 valence electrons. The smallest absolute Gasteiger partial charge is 0.226 e. The Kier molecular flexibility index (Phi) is 15.2. The van der Waals surface area contributed by atoms with Crippen molar-refractivity contribution in [3.63, 3.8) is 0 Å². The van der Waals surface area contributed by atoms with Crippen LogP contribution in [-0.4, -0.2) is 60.4 Å². The summed E-state index contributed by atoms with van der Waals surface area (Å²) in [6.45, 7) is 8.36. The maximum Gasteiger partial charge on any atom is 0.226 e. The molecule has 1 N–H and O–H groups in total. The number of carboxylic acid groups (broad SMARTS) is 1. The predicted octanol–water partition coefficient (Wildman–Crippen LogP) is 2.78. The van der Waals surface area contributed by atoms with Crippen LogP contribution < -0.4 is 10.4 Å². The Hall–Kier alpha value is -1.54. The molecule has 0 bridgehead atoms. The third kappa shape index (κ3) is 14.1. The Balaban J connectivity index is 1.91. The first-order valence-corrected chi connectivity index (χ1v) is 11.9. The van der Waals surface area contributed by atoms with Crippen molar-refractivity contribution in [2.24, 2.45) is 0 Å². The van der Waals surface area contributed by atoms with E-state index in [9.17, 15) is 9.90 Å². The lowest BCUT2D eigenvalue weighted by atomic mass is 10.1. The summed E-state index contributed by atoms with van der Waals surface area (Å²) in [6.07, 6.45) is 16.6. The van der Waals surface area contributed by atoms with Gasteiger partial charge < -0.3 is 20.1 Å². The maximum atomic E-state index is 10.8. The third-order valence-corrected chi connectivity index (χ3v) is 5.59. The Morgan fingerprint density at radius 1 is 1.00 bits per heavy atom. The zero-order valence-corrected chi connectivity index (χ0v) is 18.9. The van der Waals surface area contributed by atoms with Crippen LogP contribution in [0.25, 0.3) is 0 Å². The summed E-state index contributed by atoms with van der Waals surface area (Å²) >= 11 is 0. The normalized spacial score (nSPS) is 13.9. The minimum absolute atomic E-state index is 0.0778. The molecule has 0 saturated carbocycles. The van der Waals surface area contributed by atoms with E-state index in [4.69, 9.17) is 0 Å². The predicted molar refractivity (Wildman–Crippen MR) is 119 cm³/mol. The Labute approximate surface area is 178 Å². The molecule has 1 heterocycles. The molecule has 0 unspecified atom stereocenters. The van der Waals surface area contributed by atoms with E-state index >= 15 is 0 Å². The van der Waals surface area contributed by atoms with Gasteiger partial charge in [0.2, 0.25) is 5.71 Å². The van der Waals surface area contributed by atoms with Crippen LogP contribution in [0.2, 0.25) is 0 Å².